The minimum absolute atomic E-state index is 0.256. The molecule has 0 saturated carbocycles. The molecule has 0 radical (unpaired) electrons. The second kappa shape index (κ2) is 6.95. The zero-order valence-electron chi connectivity index (χ0n) is 11.0. The summed E-state index contributed by atoms with van der Waals surface area (Å²) in [4.78, 5) is 4.19. The van der Waals surface area contributed by atoms with Crippen molar-refractivity contribution in [3.05, 3.63) is 18.7 Å². The van der Waals surface area contributed by atoms with Gasteiger partial charge >= 0.3 is 0 Å². The van der Waals surface area contributed by atoms with E-state index in [1.807, 2.05) is 6.20 Å². The molecule has 1 atom stereocenters. The maximum absolute atomic E-state index is 4.07. The first-order chi connectivity index (χ1) is 8.85. The third-order valence-corrected chi connectivity index (χ3v) is 4.73. The molecule has 5 heteroatoms. The summed E-state index contributed by atoms with van der Waals surface area (Å²) in [6, 6.07) is 0. The molecule has 0 aromatic carbocycles. The zero-order valence-corrected chi connectivity index (χ0v) is 11.8. The Bertz CT molecular complexity index is 355. The molecule has 0 amide bonds. The number of unbranched alkanes of at least 4 members (excludes halogenated alkanes) is 2. The first-order valence-corrected chi connectivity index (χ1v) is 7.73. The third kappa shape index (κ3) is 3.85. The van der Waals surface area contributed by atoms with Crippen molar-refractivity contribution in [3.63, 3.8) is 0 Å². The Labute approximate surface area is 113 Å². The van der Waals surface area contributed by atoms with E-state index in [0.717, 1.165) is 13.0 Å². The molecule has 1 aliphatic rings. The predicted octanol–water partition coefficient (Wildman–Crippen LogP) is 2.75. The normalized spacial score (nSPS) is 24.1. The van der Waals surface area contributed by atoms with Crippen molar-refractivity contribution in [2.45, 2.75) is 43.9 Å². The van der Waals surface area contributed by atoms with E-state index in [4.69, 9.17) is 0 Å². The van der Waals surface area contributed by atoms with Crippen molar-refractivity contribution in [2.75, 3.05) is 12.3 Å². The van der Waals surface area contributed by atoms with Crippen LogP contribution in [-0.4, -0.2) is 31.9 Å². The lowest BCUT2D eigenvalue weighted by molar-refractivity contribution is 0.449. The summed E-state index contributed by atoms with van der Waals surface area (Å²) in [7, 11) is 0. The number of thioether (sulfide) groups is 1. The van der Waals surface area contributed by atoms with Gasteiger partial charge in [0.2, 0.25) is 0 Å². The highest BCUT2D eigenvalue weighted by molar-refractivity contribution is 8.00. The molecule has 0 spiro atoms. The summed E-state index contributed by atoms with van der Waals surface area (Å²) in [5.74, 6) is 1.23. The molecule has 1 saturated heterocycles. The van der Waals surface area contributed by atoms with Crippen molar-refractivity contribution >= 4 is 18.0 Å². The quantitative estimate of drug-likeness (QED) is 0.771. The molecule has 4 nitrogen and oxygen atoms in total. The van der Waals surface area contributed by atoms with Crippen LogP contribution in [0.4, 0.5) is 0 Å². The smallest absolute Gasteiger partial charge is 0.138 e. The van der Waals surface area contributed by atoms with Gasteiger partial charge < -0.3 is 5.32 Å². The molecule has 18 heavy (non-hydrogen) atoms. The van der Waals surface area contributed by atoms with E-state index in [2.05, 4.69) is 40.2 Å². The molecule has 2 heterocycles. The summed E-state index contributed by atoms with van der Waals surface area (Å²) in [5.41, 5.74) is 0. The van der Waals surface area contributed by atoms with Crippen LogP contribution >= 0.6 is 11.8 Å². The Morgan fingerprint density at radius 1 is 1.50 bits per heavy atom. The SMILES string of the molecule is CCCCCC1(CC=Cn2cncn2)NCCS1. The van der Waals surface area contributed by atoms with Crippen molar-refractivity contribution in [1.82, 2.24) is 20.1 Å². The second-order valence-corrected chi connectivity index (χ2v) is 6.17. The lowest BCUT2D eigenvalue weighted by Gasteiger charge is -2.27. The highest BCUT2D eigenvalue weighted by Crippen LogP contribution is 2.35. The van der Waals surface area contributed by atoms with Crippen molar-refractivity contribution in [1.29, 1.82) is 0 Å². The van der Waals surface area contributed by atoms with E-state index < -0.39 is 0 Å². The summed E-state index contributed by atoms with van der Waals surface area (Å²) < 4.78 is 1.75. The Morgan fingerprint density at radius 2 is 2.44 bits per heavy atom. The van der Waals surface area contributed by atoms with Gasteiger partial charge in [-0.2, -0.15) is 5.10 Å². The maximum atomic E-state index is 4.07. The predicted molar refractivity (Wildman–Crippen MR) is 77.3 cm³/mol. The van der Waals surface area contributed by atoms with Gasteiger partial charge in [-0.05, 0) is 12.8 Å². The fourth-order valence-electron chi connectivity index (χ4n) is 2.28. The Hall–Kier alpha value is -0.810. The first kappa shape index (κ1) is 13.6. The van der Waals surface area contributed by atoms with E-state index in [0.29, 0.717) is 0 Å². The van der Waals surface area contributed by atoms with E-state index in [1.54, 1.807) is 17.3 Å². The number of aromatic nitrogens is 3. The number of hydrogen-bond donors (Lipinski definition) is 1. The minimum atomic E-state index is 0.256. The fraction of sp³-hybridized carbons (Fsp3) is 0.692. The van der Waals surface area contributed by atoms with E-state index in [1.165, 1.54) is 31.4 Å². The molecule has 2 rings (SSSR count). The molecular weight excluding hydrogens is 244 g/mol. The maximum Gasteiger partial charge on any atom is 0.138 e. The minimum Gasteiger partial charge on any atom is -0.302 e. The van der Waals surface area contributed by atoms with Crippen LogP contribution in [0.5, 0.6) is 0 Å². The monoisotopic (exact) mass is 266 g/mol. The molecule has 100 valence electrons. The van der Waals surface area contributed by atoms with E-state index in [-0.39, 0.29) is 4.87 Å². The largest absolute Gasteiger partial charge is 0.302 e. The van der Waals surface area contributed by atoms with Crippen LogP contribution in [-0.2, 0) is 0 Å². The average molecular weight is 266 g/mol. The molecule has 1 unspecified atom stereocenters. The lowest BCUT2D eigenvalue weighted by Crippen LogP contribution is -2.36. The summed E-state index contributed by atoms with van der Waals surface area (Å²) >= 11 is 2.07. The van der Waals surface area contributed by atoms with Gasteiger partial charge in [-0.15, -0.1) is 11.8 Å². The van der Waals surface area contributed by atoms with Crippen LogP contribution in [0.1, 0.15) is 39.0 Å². The molecular formula is C13H22N4S. The average Bonchev–Trinajstić information content (AvgIpc) is 3.02. The first-order valence-electron chi connectivity index (χ1n) is 6.74. The van der Waals surface area contributed by atoms with E-state index >= 15 is 0 Å². The van der Waals surface area contributed by atoms with Gasteiger partial charge in [0.1, 0.15) is 12.7 Å². The Morgan fingerprint density at radius 3 is 3.11 bits per heavy atom. The van der Waals surface area contributed by atoms with Gasteiger partial charge in [-0.1, -0.05) is 32.3 Å². The Kier molecular flexibility index (Phi) is 5.26. The van der Waals surface area contributed by atoms with Gasteiger partial charge in [-0.25, -0.2) is 9.67 Å². The van der Waals surface area contributed by atoms with Crippen LogP contribution in [0.15, 0.2) is 18.7 Å². The van der Waals surface area contributed by atoms with Crippen LogP contribution in [0.3, 0.4) is 0 Å². The second-order valence-electron chi connectivity index (χ2n) is 4.69. The molecule has 0 bridgehead atoms. The number of nitrogens with one attached hydrogen (secondary N) is 1. The number of rotatable bonds is 7. The standard InChI is InChI=1S/C13H22N4S/c1-2-3-4-6-13(15-8-10-18-13)7-5-9-17-12-14-11-16-17/h5,9,11-12,15H,2-4,6-8,10H2,1H3. The van der Waals surface area contributed by atoms with Gasteiger partial charge in [0.15, 0.2) is 0 Å². The Balaban J connectivity index is 1.85. The highest BCUT2D eigenvalue weighted by Gasteiger charge is 2.32. The van der Waals surface area contributed by atoms with Crippen LogP contribution in [0.25, 0.3) is 6.20 Å². The fourth-order valence-corrected chi connectivity index (χ4v) is 3.58. The molecule has 0 aliphatic carbocycles. The summed E-state index contributed by atoms with van der Waals surface area (Å²) in [6.45, 7) is 3.39. The van der Waals surface area contributed by atoms with Crippen molar-refractivity contribution < 1.29 is 0 Å². The van der Waals surface area contributed by atoms with Crippen molar-refractivity contribution in [2.24, 2.45) is 0 Å². The van der Waals surface area contributed by atoms with Gasteiger partial charge in [-0.3, -0.25) is 0 Å². The third-order valence-electron chi connectivity index (χ3n) is 3.25. The molecule has 1 N–H and O–H groups in total. The van der Waals surface area contributed by atoms with Gasteiger partial charge in [0.25, 0.3) is 0 Å². The van der Waals surface area contributed by atoms with Crippen molar-refractivity contribution in [3.8, 4) is 0 Å². The van der Waals surface area contributed by atoms with Crippen LogP contribution < -0.4 is 5.32 Å². The van der Waals surface area contributed by atoms with Crippen LogP contribution in [0.2, 0.25) is 0 Å². The topological polar surface area (TPSA) is 42.7 Å². The molecule has 1 aromatic heterocycles. The summed E-state index contributed by atoms with van der Waals surface area (Å²) in [5, 5.41) is 7.75. The lowest BCUT2D eigenvalue weighted by atomic mass is 10.0. The zero-order chi connectivity index (χ0) is 12.7. The van der Waals surface area contributed by atoms with Crippen LogP contribution in [0, 0.1) is 0 Å². The summed E-state index contributed by atoms with van der Waals surface area (Å²) in [6.07, 6.45) is 13.7. The highest BCUT2D eigenvalue weighted by atomic mass is 32.2. The molecule has 1 aromatic rings. The number of hydrogen-bond acceptors (Lipinski definition) is 4. The van der Waals surface area contributed by atoms with Gasteiger partial charge in [0, 0.05) is 18.5 Å². The van der Waals surface area contributed by atoms with E-state index in [9.17, 15) is 0 Å². The molecule has 1 fully saturated rings. The number of nitrogens with zero attached hydrogens (tertiary/aromatic N) is 3. The van der Waals surface area contributed by atoms with Gasteiger partial charge in [0.05, 0.1) is 4.87 Å². The molecule has 1 aliphatic heterocycles.